The molecule has 21 heavy (non-hydrogen) atoms. The molecule has 0 aromatic heterocycles. The summed E-state index contributed by atoms with van der Waals surface area (Å²) in [7, 11) is 0. The number of benzene rings is 2. The Hall–Kier alpha value is -0.950. The minimum Gasteiger partial charge on any atom is -0.271 e. The summed E-state index contributed by atoms with van der Waals surface area (Å²) in [6, 6.07) is 11.1. The van der Waals surface area contributed by atoms with Gasteiger partial charge in [-0.1, -0.05) is 34.1 Å². The summed E-state index contributed by atoms with van der Waals surface area (Å²) in [5.41, 5.74) is 3.68. The van der Waals surface area contributed by atoms with Gasteiger partial charge in [0.05, 0.1) is 0 Å². The quantitative estimate of drug-likeness (QED) is 0.458. The molecule has 0 amide bonds. The van der Waals surface area contributed by atoms with Crippen molar-refractivity contribution in [2.45, 2.75) is 17.4 Å². The standard InChI is InChI=1S/C15H15BrF2N2S/c16-13-8-11(17)6-5-10(13)7-12(20-19)9-21-15-4-2-1-3-14(15)18/h1-6,8,12,20H,7,9,19H2. The molecule has 0 aliphatic heterocycles. The number of hydrazine groups is 1. The first kappa shape index (κ1) is 16.4. The van der Waals surface area contributed by atoms with Crippen LogP contribution in [0.5, 0.6) is 0 Å². The van der Waals surface area contributed by atoms with Crippen molar-refractivity contribution in [2.75, 3.05) is 5.75 Å². The number of rotatable bonds is 6. The van der Waals surface area contributed by atoms with E-state index in [1.54, 1.807) is 24.3 Å². The van der Waals surface area contributed by atoms with E-state index in [0.29, 0.717) is 21.5 Å². The number of nitrogens with one attached hydrogen (secondary N) is 1. The molecule has 0 saturated carbocycles. The lowest BCUT2D eigenvalue weighted by Crippen LogP contribution is -2.38. The van der Waals surface area contributed by atoms with E-state index in [9.17, 15) is 8.78 Å². The normalized spacial score (nSPS) is 12.4. The van der Waals surface area contributed by atoms with E-state index in [1.165, 1.54) is 30.0 Å². The Morgan fingerprint density at radius 1 is 1.19 bits per heavy atom. The van der Waals surface area contributed by atoms with E-state index < -0.39 is 0 Å². The molecule has 0 saturated heterocycles. The number of hydrogen-bond acceptors (Lipinski definition) is 3. The zero-order chi connectivity index (χ0) is 15.2. The average molecular weight is 373 g/mol. The second-order valence-electron chi connectivity index (χ2n) is 4.54. The summed E-state index contributed by atoms with van der Waals surface area (Å²) < 4.78 is 27.3. The molecule has 2 aromatic carbocycles. The SMILES string of the molecule is NNC(CSc1ccccc1F)Cc1ccc(F)cc1Br. The van der Waals surface area contributed by atoms with Gasteiger partial charge in [0.25, 0.3) is 0 Å². The maximum Gasteiger partial charge on any atom is 0.136 e. The average Bonchev–Trinajstić information content (AvgIpc) is 2.47. The van der Waals surface area contributed by atoms with Crippen LogP contribution in [-0.2, 0) is 6.42 Å². The zero-order valence-corrected chi connectivity index (χ0v) is 13.6. The van der Waals surface area contributed by atoms with Crippen molar-refractivity contribution in [2.24, 2.45) is 5.84 Å². The van der Waals surface area contributed by atoms with Gasteiger partial charge in [0.2, 0.25) is 0 Å². The highest BCUT2D eigenvalue weighted by Gasteiger charge is 2.12. The van der Waals surface area contributed by atoms with Gasteiger partial charge in [0.15, 0.2) is 0 Å². The Bertz CT molecular complexity index is 610. The molecule has 0 aliphatic rings. The molecular formula is C15H15BrF2N2S. The zero-order valence-electron chi connectivity index (χ0n) is 11.2. The summed E-state index contributed by atoms with van der Waals surface area (Å²) in [5, 5.41) is 0. The van der Waals surface area contributed by atoms with Crippen molar-refractivity contribution in [1.29, 1.82) is 0 Å². The van der Waals surface area contributed by atoms with Crippen LogP contribution in [0.15, 0.2) is 51.8 Å². The van der Waals surface area contributed by atoms with Crippen LogP contribution < -0.4 is 11.3 Å². The maximum absolute atomic E-state index is 13.6. The lowest BCUT2D eigenvalue weighted by Gasteiger charge is -2.16. The predicted molar refractivity (Wildman–Crippen MR) is 86.0 cm³/mol. The van der Waals surface area contributed by atoms with Crippen molar-refractivity contribution in [3.8, 4) is 0 Å². The van der Waals surface area contributed by atoms with Crippen LogP contribution in [0, 0.1) is 11.6 Å². The Morgan fingerprint density at radius 2 is 1.95 bits per heavy atom. The highest BCUT2D eigenvalue weighted by Crippen LogP contribution is 2.24. The first-order chi connectivity index (χ1) is 10.1. The Kier molecular flexibility index (Phi) is 6.17. The third-order valence-electron chi connectivity index (χ3n) is 2.99. The third-order valence-corrected chi connectivity index (χ3v) is 4.94. The van der Waals surface area contributed by atoms with Crippen molar-refractivity contribution >= 4 is 27.7 Å². The summed E-state index contributed by atoms with van der Waals surface area (Å²) >= 11 is 4.74. The van der Waals surface area contributed by atoms with E-state index in [2.05, 4.69) is 21.4 Å². The second kappa shape index (κ2) is 7.89. The summed E-state index contributed by atoms with van der Waals surface area (Å²) in [6.07, 6.45) is 0.624. The van der Waals surface area contributed by atoms with E-state index in [-0.39, 0.29) is 17.7 Å². The predicted octanol–water partition coefficient (Wildman–Crippen LogP) is 3.89. The first-order valence-electron chi connectivity index (χ1n) is 6.37. The largest absolute Gasteiger partial charge is 0.271 e. The van der Waals surface area contributed by atoms with Gasteiger partial charge in [-0.3, -0.25) is 11.3 Å². The van der Waals surface area contributed by atoms with Gasteiger partial charge in [-0.25, -0.2) is 8.78 Å². The molecule has 0 bridgehead atoms. The highest BCUT2D eigenvalue weighted by molar-refractivity contribution is 9.10. The lowest BCUT2D eigenvalue weighted by molar-refractivity contribution is 0.570. The molecule has 0 radical (unpaired) electrons. The highest BCUT2D eigenvalue weighted by atomic mass is 79.9. The van der Waals surface area contributed by atoms with Gasteiger partial charge in [0, 0.05) is 21.2 Å². The molecule has 1 unspecified atom stereocenters. The summed E-state index contributed by atoms with van der Waals surface area (Å²) in [6.45, 7) is 0. The van der Waals surface area contributed by atoms with Crippen molar-refractivity contribution in [3.05, 3.63) is 64.1 Å². The molecule has 0 fully saturated rings. The van der Waals surface area contributed by atoms with E-state index in [1.807, 2.05) is 0 Å². The third kappa shape index (κ3) is 4.78. The lowest BCUT2D eigenvalue weighted by atomic mass is 10.1. The second-order valence-corrected chi connectivity index (χ2v) is 6.46. The van der Waals surface area contributed by atoms with Crippen LogP contribution in [0.4, 0.5) is 8.78 Å². The van der Waals surface area contributed by atoms with Crippen molar-refractivity contribution < 1.29 is 8.78 Å². The van der Waals surface area contributed by atoms with Crippen LogP contribution in [0.1, 0.15) is 5.56 Å². The molecule has 6 heteroatoms. The van der Waals surface area contributed by atoms with Gasteiger partial charge in [0.1, 0.15) is 11.6 Å². The molecule has 2 aromatic rings. The van der Waals surface area contributed by atoms with Gasteiger partial charge in [-0.05, 0) is 36.2 Å². The van der Waals surface area contributed by atoms with E-state index >= 15 is 0 Å². The number of thioether (sulfide) groups is 1. The minimum absolute atomic E-state index is 0.0450. The smallest absolute Gasteiger partial charge is 0.136 e. The van der Waals surface area contributed by atoms with Crippen LogP contribution >= 0.6 is 27.7 Å². The van der Waals surface area contributed by atoms with Crippen molar-refractivity contribution in [1.82, 2.24) is 5.43 Å². The molecule has 0 aliphatic carbocycles. The van der Waals surface area contributed by atoms with Crippen LogP contribution in [0.2, 0.25) is 0 Å². The molecule has 2 nitrogen and oxygen atoms in total. The molecule has 2 rings (SSSR count). The fraction of sp³-hybridized carbons (Fsp3) is 0.200. The van der Waals surface area contributed by atoms with Gasteiger partial charge < -0.3 is 0 Å². The van der Waals surface area contributed by atoms with E-state index in [0.717, 1.165) is 5.56 Å². The Balaban J connectivity index is 1.99. The van der Waals surface area contributed by atoms with E-state index in [4.69, 9.17) is 5.84 Å². The monoisotopic (exact) mass is 372 g/mol. The van der Waals surface area contributed by atoms with Gasteiger partial charge in [-0.15, -0.1) is 11.8 Å². The molecule has 112 valence electrons. The fourth-order valence-corrected chi connectivity index (χ4v) is 3.36. The Morgan fingerprint density at radius 3 is 2.62 bits per heavy atom. The molecule has 1 atom stereocenters. The maximum atomic E-state index is 13.6. The van der Waals surface area contributed by atoms with Crippen molar-refractivity contribution in [3.63, 3.8) is 0 Å². The molecule has 3 N–H and O–H groups in total. The van der Waals surface area contributed by atoms with Crippen LogP contribution in [0.25, 0.3) is 0 Å². The molecule has 0 spiro atoms. The van der Waals surface area contributed by atoms with Gasteiger partial charge in [-0.2, -0.15) is 0 Å². The summed E-state index contributed by atoms with van der Waals surface area (Å²) in [5.74, 6) is 5.65. The first-order valence-corrected chi connectivity index (χ1v) is 8.15. The minimum atomic E-state index is -0.288. The molecule has 0 heterocycles. The topological polar surface area (TPSA) is 38.0 Å². The van der Waals surface area contributed by atoms with Crippen LogP contribution in [-0.4, -0.2) is 11.8 Å². The number of hydrogen-bond donors (Lipinski definition) is 2. The number of nitrogens with two attached hydrogens (primary N) is 1. The number of halogens is 3. The van der Waals surface area contributed by atoms with Gasteiger partial charge >= 0.3 is 0 Å². The summed E-state index contributed by atoms with van der Waals surface area (Å²) in [4.78, 5) is 0.593. The van der Waals surface area contributed by atoms with Crippen LogP contribution in [0.3, 0.4) is 0 Å². The molecular weight excluding hydrogens is 358 g/mol. The Labute approximate surface area is 135 Å². The fourth-order valence-electron chi connectivity index (χ4n) is 1.87.